The van der Waals surface area contributed by atoms with Gasteiger partial charge in [-0.25, -0.2) is 0 Å². The lowest BCUT2D eigenvalue weighted by Gasteiger charge is -2.25. The minimum Gasteiger partial charge on any atom is -0.493 e. The molecule has 1 N–H and O–H groups in total. The normalized spacial score (nSPS) is 23.9. The van der Waals surface area contributed by atoms with Crippen molar-refractivity contribution in [1.29, 1.82) is 0 Å². The van der Waals surface area contributed by atoms with Crippen LogP contribution < -0.4 is 14.8 Å². The van der Waals surface area contributed by atoms with Gasteiger partial charge in [0.25, 0.3) is 0 Å². The van der Waals surface area contributed by atoms with Gasteiger partial charge in [0.2, 0.25) is 0 Å². The molecule has 1 saturated heterocycles. The summed E-state index contributed by atoms with van der Waals surface area (Å²) in [6, 6.07) is 0.615. The van der Waals surface area contributed by atoms with Crippen LogP contribution >= 0.6 is 0 Å². The van der Waals surface area contributed by atoms with E-state index in [0.29, 0.717) is 6.04 Å². The fourth-order valence-corrected chi connectivity index (χ4v) is 4.00. The van der Waals surface area contributed by atoms with Crippen molar-refractivity contribution < 1.29 is 9.47 Å². The molecule has 3 heterocycles. The van der Waals surface area contributed by atoms with Crippen LogP contribution in [0.4, 0.5) is 0 Å². The van der Waals surface area contributed by atoms with Crippen molar-refractivity contribution in [1.82, 2.24) is 5.32 Å². The molecule has 3 nitrogen and oxygen atoms in total. The maximum atomic E-state index is 5.99. The van der Waals surface area contributed by atoms with Crippen molar-refractivity contribution in [3.05, 3.63) is 22.3 Å². The molecule has 20 heavy (non-hydrogen) atoms. The van der Waals surface area contributed by atoms with E-state index in [4.69, 9.17) is 9.47 Å². The van der Waals surface area contributed by atoms with Crippen LogP contribution in [0, 0.1) is 6.92 Å². The Morgan fingerprint density at radius 2 is 1.85 bits per heavy atom. The molecule has 0 amide bonds. The van der Waals surface area contributed by atoms with E-state index < -0.39 is 0 Å². The summed E-state index contributed by atoms with van der Waals surface area (Å²) >= 11 is 0. The largest absolute Gasteiger partial charge is 0.493 e. The zero-order valence-electron chi connectivity index (χ0n) is 12.3. The number of ether oxygens (including phenoxy) is 2. The van der Waals surface area contributed by atoms with E-state index >= 15 is 0 Å². The summed E-state index contributed by atoms with van der Waals surface area (Å²) in [6.07, 6.45) is 7.16. The van der Waals surface area contributed by atoms with Gasteiger partial charge < -0.3 is 14.8 Å². The monoisotopic (exact) mass is 273 g/mol. The molecule has 0 aliphatic carbocycles. The third-order valence-electron chi connectivity index (χ3n) is 5.04. The fraction of sp³-hybridized carbons (Fsp3) is 0.647. The molecular formula is C17H23NO2. The molecule has 0 bridgehead atoms. The Morgan fingerprint density at radius 1 is 1.05 bits per heavy atom. The third kappa shape index (κ3) is 1.91. The number of benzene rings is 1. The van der Waals surface area contributed by atoms with Gasteiger partial charge in [0.05, 0.1) is 13.2 Å². The van der Waals surface area contributed by atoms with Crippen LogP contribution in [0.1, 0.15) is 41.5 Å². The van der Waals surface area contributed by atoms with E-state index in [1.807, 2.05) is 0 Å². The van der Waals surface area contributed by atoms with E-state index in [2.05, 4.69) is 12.2 Å². The molecule has 1 aromatic carbocycles. The molecule has 1 atom stereocenters. The molecule has 3 aliphatic rings. The van der Waals surface area contributed by atoms with E-state index in [1.165, 1.54) is 53.0 Å². The lowest BCUT2D eigenvalue weighted by Crippen LogP contribution is -2.35. The first kappa shape index (κ1) is 12.5. The summed E-state index contributed by atoms with van der Waals surface area (Å²) in [5.74, 6) is 2.36. The molecule has 1 aromatic rings. The summed E-state index contributed by atoms with van der Waals surface area (Å²) in [5.41, 5.74) is 5.59. The topological polar surface area (TPSA) is 30.5 Å². The lowest BCUT2D eigenvalue weighted by molar-refractivity contribution is 0.346. The van der Waals surface area contributed by atoms with Crippen LogP contribution in [0.15, 0.2) is 0 Å². The molecule has 3 aliphatic heterocycles. The average Bonchev–Trinajstić information content (AvgIpc) is 3.14. The minimum atomic E-state index is 0.615. The molecule has 0 radical (unpaired) electrons. The van der Waals surface area contributed by atoms with Crippen LogP contribution in [0.2, 0.25) is 0 Å². The van der Waals surface area contributed by atoms with Gasteiger partial charge in [-0.1, -0.05) is 6.42 Å². The molecule has 3 heteroatoms. The van der Waals surface area contributed by atoms with E-state index in [0.717, 1.165) is 39.0 Å². The Hall–Kier alpha value is -1.22. The number of hydrogen-bond donors (Lipinski definition) is 1. The first-order chi connectivity index (χ1) is 9.84. The Labute approximate surface area is 120 Å². The van der Waals surface area contributed by atoms with E-state index in [9.17, 15) is 0 Å². The highest BCUT2D eigenvalue weighted by Crippen LogP contribution is 2.44. The maximum Gasteiger partial charge on any atom is 0.126 e. The van der Waals surface area contributed by atoms with Gasteiger partial charge in [-0.05, 0) is 38.3 Å². The van der Waals surface area contributed by atoms with Gasteiger partial charge >= 0.3 is 0 Å². The summed E-state index contributed by atoms with van der Waals surface area (Å²) in [7, 11) is 0. The van der Waals surface area contributed by atoms with Gasteiger partial charge in [0, 0.05) is 35.6 Å². The van der Waals surface area contributed by atoms with E-state index in [1.54, 1.807) is 0 Å². The van der Waals surface area contributed by atoms with Crippen molar-refractivity contribution in [2.75, 3.05) is 19.8 Å². The first-order valence-corrected chi connectivity index (χ1v) is 8.00. The molecule has 1 fully saturated rings. The molecule has 0 aromatic heterocycles. The molecule has 0 saturated carbocycles. The number of hydrogen-bond acceptors (Lipinski definition) is 3. The number of rotatable bonds is 2. The summed E-state index contributed by atoms with van der Waals surface area (Å²) < 4.78 is 11.9. The van der Waals surface area contributed by atoms with Gasteiger partial charge in [-0.2, -0.15) is 0 Å². The third-order valence-corrected chi connectivity index (χ3v) is 5.04. The van der Waals surface area contributed by atoms with Crippen molar-refractivity contribution in [2.24, 2.45) is 0 Å². The Balaban J connectivity index is 1.74. The SMILES string of the molecule is Cc1c2c(c(CC3CCCCN3)c3c1OCC3)OCC2. The molecule has 108 valence electrons. The number of nitrogens with one attached hydrogen (secondary N) is 1. The molecule has 4 rings (SSSR count). The van der Waals surface area contributed by atoms with Gasteiger partial charge in [-0.3, -0.25) is 0 Å². The number of piperidine rings is 1. The predicted molar refractivity (Wildman–Crippen MR) is 78.9 cm³/mol. The Kier molecular flexibility index (Phi) is 3.10. The highest BCUT2D eigenvalue weighted by molar-refractivity contribution is 5.61. The highest BCUT2D eigenvalue weighted by Gasteiger charge is 2.30. The highest BCUT2D eigenvalue weighted by atomic mass is 16.5. The predicted octanol–water partition coefficient (Wildman–Crippen LogP) is 2.55. The van der Waals surface area contributed by atoms with Crippen LogP contribution in [0.3, 0.4) is 0 Å². The average molecular weight is 273 g/mol. The second-order valence-electron chi connectivity index (χ2n) is 6.27. The van der Waals surface area contributed by atoms with Crippen LogP contribution in [-0.4, -0.2) is 25.8 Å². The molecule has 1 unspecified atom stereocenters. The van der Waals surface area contributed by atoms with Gasteiger partial charge in [0.1, 0.15) is 11.5 Å². The van der Waals surface area contributed by atoms with Crippen LogP contribution in [-0.2, 0) is 19.3 Å². The maximum absolute atomic E-state index is 5.99. The summed E-state index contributed by atoms with van der Waals surface area (Å²) in [6.45, 7) is 5.03. The fourth-order valence-electron chi connectivity index (χ4n) is 4.00. The van der Waals surface area contributed by atoms with Crippen LogP contribution in [0.25, 0.3) is 0 Å². The Bertz CT molecular complexity index is 497. The number of fused-ring (bicyclic) bond motifs is 2. The quantitative estimate of drug-likeness (QED) is 0.898. The zero-order chi connectivity index (χ0) is 13.5. The van der Waals surface area contributed by atoms with Crippen molar-refractivity contribution in [3.63, 3.8) is 0 Å². The van der Waals surface area contributed by atoms with E-state index in [-0.39, 0.29) is 0 Å². The molecule has 0 spiro atoms. The van der Waals surface area contributed by atoms with Crippen LogP contribution in [0.5, 0.6) is 11.5 Å². The van der Waals surface area contributed by atoms with Crippen molar-refractivity contribution in [3.8, 4) is 11.5 Å². The second kappa shape index (κ2) is 4.96. The van der Waals surface area contributed by atoms with Crippen molar-refractivity contribution in [2.45, 2.75) is 51.5 Å². The van der Waals surface area contributed by atoms with Gasteiger partial charge in [-0.15, -0.1) is 0 Å². The smallest absolute Gasteiger partial charge is 0.126 e. The van der Waals surface area contributed by atoms with Gasteiger partial charge in [0.15, 0.2) is 0 Å². The summed E-state index contributed by atoms with van der Waals surface area (Å²) in [4.78, 5) is 0. The second-order valence-corrected chi connectivity index (χ2v) is 6.27. The molecular weight excluding hydrogens is 250 g/mol. The van der Waals surface area contributed by atoms with Crippen molar-refractivity contribution >= 4 is 0 Å². The Morgan fingerprint density at radius 3 is 2.65 bits per heavy atom. The zero-order valence-corrected chi connectivity index (χ0v) is 12.3. The first-order valence-electron chi connectivity index (χ1n) is 8.00. The standard InChI is InChI=1S/C17H23NO2/c1-11-13-5-8-20-17(13)15(14-6-9-19-16(11)14)10-12-4-2-3-7-18-12/h12,18H,2-10H2,1H3. The summed E-state index contributed by atoms with van der Waals surface area (Å²) in [5, 5.41) is 3.67. The minimum absolute atomic E-state index is 0.615. The lowest BCUT2D eigenvalue weighted by atomic mass is 9.89.